The Kier molecular flexibility index (Phi) is 4.10. The molecular weight excluding hydrogens is 291 g/mol. The molecule has 0 saturated heterocycles. The lowest BCUT2D eigenvalue weighted by molar-refractivity contribution is 0.351. The standard InChI is InChI=1S/C16H16ClFN2O/c17-12-7-10-5-6-21-16(10)11(8-12)9-15(20-19)13-3-1-2-4-14(13)18/h1-4,7-8,15,20H,5-6,9,19H2. The van der Waals surface area contributed by atoms with Crippen LogP contribution in [0.25, 0.3) is 0 Å². The monoisotopic (exact) mass is 306 g/mol. The largest absolute Gasteiger partial charge is 0.493 e. The summed E-state index contributed by atoms with van der Waals surface area (Å²) < 4.78 is 19.6. The third kappa shape index (κ3) is 2.88. The first-order valence-corrected chi connectivity index (χ1v) is 7.21. The molecule has 0 amide bonds. The van der Waals surface area contributed by atoms with Crippen LogP contribution in [-0.2, 0) is 12.8 Å². The summed E-state index contributed by atoms with van der Waals surface area (Å²) in [6.07, 6.45) is 1.36. The minimum atomic E-state index is -0.335. The molecule has 1 aliphatic heterocycles. The van der Waals surface area contributed by atoms with Crippen molar-refractivity contribution in [2.75, 3.05) is 6.61 Å². The average molecular weight is 307 g/mol. The summed E-state index contributed by atoms with van der Waals surface area (Å²) in [5.41, 5.74) is 5.26. The van der Waals surface area contributed by atoms with Crippen LogP contribution in [0.1, 0.15) is 22.7 Å². The van der Waals surface area contributed by atoms with E-state index in [0.717, 1.165) is 23.3 Å². The van der Waals surface area contributed by atoms with E-state index in [4.69, 9.17) is 22.2 Å². The number of nitrogens with two attached hydrogens (primary N) is 1. The van der Waals surface area contributed by atoms with Gasteiger partial charge in [0.1, 0.15) is 11.6 Å². The smallest absolute Gasteiger partial charge is 0.128 e. The number of nitrogens with one attached hydrogen (secondary N) is 1. The topological polar surface area (TPSA) is 47.3 Å². The van der Waals surface area contributed by atoms with Crippen LogP contribution in [-0.4, -0.2) is 6.61 Å². The molecule has 2 aromatic rings. The van der Waals surface area contributed by atoms with Crippen molar-refractivity contribution in [3.63, 3.8) is 0 Å². The number of hydrogen-bond donors (Lipinski definition) is 2. The Balaban J connectivity index is 1.94. The first kappa shape index (κ1) is 14.3. The molecule has 1 aliphatic rings. The van der Waals surface area contributed by atoms with Gasteiger partial charge >= 0.3 is 0 Å². The highest BCUT2D eigenvalue weighted by Gasteiger charge is 2.22. The highest BCUT2D eigenvalue weighted by atomic mass is 35.5. The summed E-state index contributed by atoms with van der Waals surface area (Å²) in [6, 6.07) is 10.1. The molecule has 1 unspecified atom stereocenters. The number of hydrazine groups is 1. The molecule has 0 spiro atoms. The number of rotatable bonds is 4. The molecule has 1 atom stereocenters. The van der Waals surface area contributed by atoms with Gasteiger partial charge in [-0.25, -0.2) is 4.39 Å². The fraction of sp³-hybridized carbons (Fsp3) is 0.250. The highest BCUT2D eigenvalue weighted by Crippen LogP contribution is 2.35. The lowest BCUT2D eigenvalue weighted by Crippen LogP contribution is -2.30. The number of halogens is 2. The average Bonchev–Trinajstić information content (AvgIpc) is 2.93. The number of ether oxygens (including phenoxy) is 1. The molecule has 3 N–H and O–H groups in total. The maximum Gasteiger partial charge on any atom is 0.128 e. The normalized spacial score (nSPS) is 14.6. The minimum absolute atomic E-state index is 0.278. The second kappa shape index (κ2) is 6.02. The van der Waals surface area contributed by atoms with Gasteiger partial charge in [0.15, 0.2) is 0 Å². The zero-order valence-electron chi connectivity index (χ0n) is 11.4. The molecule has 3 rings (SSSR count). The van der Waals surface area contributed by atoms with E-state index in [1.807, 2.05) is 12.1 Å². The molecule has 2 aromatic carbocycles. The van der Waals surface area contributed by atoms with Gasteiger partial charge in [0.25, 0.3) is 0 Å². The van der Waals surface area contributed by atoms with Crippen molar-refractivity contribution in [3.05, 3.63) is 63.9 Å². The predicted octanol–water partition coefficient (Wildman–Crippen LogP) is 3.16. The van der Waals surface area contributed by atoms with E-state index in [9.17, 15) is 4.39 Å². The Morgan fingerprint density at radius 1 is 1.33 bits per heavy atom. The Labute approximate surface area is 127 Å². The van der Waals surface area contributed by atoms with Gasteiger partial charge in [0.05, 0.1) is 12.6 Å². The third-order valence-electron chi connectivity index (χ3n) is 3.73. The number of benzene rings is 2. The molecule has 5 heteroatoms. The molecule has 0 aromatic heterocycles. The van der Waals surface area contributed by atoms with Crippen molar-refractivity contribution >= 4 is 11.6 Å². The van der Waals surface area contributed by atoms with E-state index >= 15 is 0 Å². The van der Waals surface area contributed by atoms with Crippen LogP contribution >= 0.6 is 11.6 Å². The van der Waals surface area contributed by atoms with Gasteiger partial charge < -0.3 is 4.74 Å². The zero-order chi connectivity index (χ0) is 14.8. The van der Waals surface area contributed by atoms with Crippen molar-refractivity contribution in [1.82, 2.24) is 5.43 Å². The summed E-state index contributed by atoms with van der Waals surface area (Å²) >= 11 is 6.15. The van der Waals surface area contributed by atoms with Gasteiger partial charge in [-0.1, -0.05) is 29.8 Å². The summed E-state index contributed by atoms with van der Waals surface area (Å²) in [6.45, 7) is 0.656. The van der Waals surface area contributed by atoms with Crippen LogP contribution in [0.5, 0.6) is 5.75 Å². The van der Waals surface area contributed by atoms with Crippen molar-refractivity contribution in [2.45, 2.75) is 18.9 Å². The Bertz CT molecular complexity index is 663. The lowest BCUT2D eigenvalue weighted by atomic mass is 9.97. The summed E-state index contributed by atoms with van der Waals surface area (Å²) in [5, 5.41) is 0.665. The van der Waals surface area contributed by atoms with Crippen LogP contribution in [0.3, 0.4) is 0 Å². The second-order valence-corrected chi connectivity index (χ2v) is 5.53. The van der Waals surface area contributed by atoms with E-state index in [1.54, 1.807) is 18.2 Å². The number of fused-ring (bicyclic) bond motifs is 1. The van der Waals surface area contributed by atoms with Crippen LogP contribution in [0.15, 0.2) is 36.4 Å². The molecule has 3 nitrogen and oxygen atoms in total. The first-order valence-electron chi connectivity index (χ1n) is 6.83. The van der Waals surface area contributed by atoms with Crippen molar-refractivity contribution in [3.8, 4) is 5.75 Å². The predicted molar refractivity (Wildman–Crippen MR) is 80.8 cm³/mol. The Morgan fingerprint density at radius 3 is 2.90 bits per heavy atom. The molecule has 0 fully saturated rings. The van der Waals surface area contributed by atoms with Gasteiger partial charge in [-0.3, -0.25) is 11.3 Å². The molecular formula is C16H16ClFN2O. The van der Waals surface area contributed by atoms with E-state index in [0.29, 0.717) is 23.6 Å². The summed E-state index contributed by atoms with van der Waals surface area (Å²) in [5.74, 6) is 6.19. The van der Waals surface area contributed by atoms with E-state index in [-0.39, 0.29) is 11.9 Å². The van der Waals surface area contributed by atoms with Crippen LogP contribution in [0.2, 0.25) is 5.02 Å². The Morgan fingerprint density at radius 2 is 2.14 bits per heavy atom. The molecule has 110 valence electrons. The highest BCUT2D eigenvalue weighted by molar-refractivity contribution is 6.30. The van der Waals surface area contributed by atoms with Crippen molar-refractivity contribution in [2.24, 2.45) is 5.84 Å². The first-order chi connectivity index (χ1) is 10.2. The van der Waals surface area contributed by atoms with Crippen molar-refractivity contribution in [1.29, 1.82) is 0 Å². The fourth-order valence-electron chi connectivity index (χ4n) is 2.73. The SMILES string of the molecule is NNC(Cc1cc(Cl)cc2c1OCC2)c1ccccc1F. The third-order valence-corrected chi connectivity index (χ3v) is 3.95. The van der Waals surface area contributed by atoms with Crippen LogP contribution < -0.4 is 16.0 Å². The lowest BCUT2D eigenvalue weighted by Gasteiger charge is -2.19. The minimum Gasteiger partial charge on any atom is -0.493 e. The van der Waals surface area contributed by atoms with Gasteiger partial charge in [0.2, 0.25) is 0 Å². The van der Waals surface area contributed by atoms with Crippen LogP contribution in [0.4, 0.5) is 4.39 Å². The summed E-state index contributed by atoms with van der Waals surface area (Å²) in [7, 11) is 0. The van der Waals surface area contributed by atoms with Gasteiger partial charge in [0, 0.05) is 17.0 Å². The molecule has 0 radical (unpaired) electrons. The van der Waals surface area contributed by atoms with Gasteiger partial charge in [-0.05, 0) is 35.7 Å². The van der Waals surface area contributed by atoms with Crippen molar-refractivity contribution < 1.29 is 9.13 Å². The zero-order valence-corrected chi connectivity index (χ0v) is 12.2. The molecule has 21 heavy (non-hydrogen) atoms. The maximum absolute atomic E-state index is 13.9. The molecule has 0 saturated carbocycles. The summed E-state index contributed by atoms with van der Waals surface area (Å²) in [4.78, 5) is 0. The van der Waals surface area contributed by atoms with E-state index in [2.05, 4.69) is 5.43 Å². The van der Waals surface area contributed by atoms with E-state index in [1.165, 1.54) is 6.07 Å². The van der Waals surface area contributed by atoms with Gasteiger partial charge in [-0.2, -0.15) is 0 Å². The fourth-order valence-corrected chi connectivity index (χ4v) is 3.00. The molecule has 1 heterocycles. The van der Waals surface area contributed by atoms with Gasteiger partial charge in [-0.15, -0.1) is 0 Å². The number of hydrogen-bond acceptors (Lipinski definition) is 3. The quantitative estimate of drug-likeness (QED) is 0.674. The Hall–Kier alpha value is -1.62. The molecule has 0 bridgehead atoms. The second-order valence-electron chi connectivity index (χ2n) is 5.10. The van der Waals surface area contributed by atoms with Crippen LogP contribution in [0, 0.1) is 5.82 Å². The molecule has 0 aliphatic carbocycles. The maximum atomic E-state index is 13.9. The van der Waals surface area contributed by atoms with E-state index < -0.39 is 0 Å².